The highest BCUT2D eigenvalue weighted by atomic mass is 16.6. The van der Waals surface area contributed by atoms with Gasteiger partial charge in [0, 0.05) is 12.1 Å². The van der Waals surface area contributed by atoms with Gasteiger partial charge in [0.2, 0.25) is 0 Å². The second-order valence-electron chi connectivity index (χ2n) is 4.97. The van der Waals surface area contributed by atoms with Crippen molar-refractivity contribution in [2.24, 2.45) is 5.92 Å². The zero-order valence-corrected chi connectivity index (χ0v) is 10.6. The third-order valence-corrected chi connectivity index (χ3v) is 3.49. The Labute approximate surface area is 110 Å². The fraction of sp³-hybridized carbons (Fsp3) is 0.462. The van der Waals surface area contributed by atoms with E-state index in [2.05, 4.69) is 5.32 Å². The molecule has 0 aromatic heterocycles. The van der Waals surface area contributed by atoms with Crippen molar-refractivity contribution in [2.45, 2.75) is 32.2 Å². The summed E-state index contributed by atoms with van der Waals surface area (Å²) in [7, 11) is 0. The van der Waals surface area contributed by atoms with Crippen LogP contribution in [-0.4, -0.2) is 22.0 Å². The number of hydrogen-bond donors (Lipinski definition) is 2. The van der Waals surface area contributed by atoms with Crippen LogP contribution in [0.25, 0.3) is 0 Å². The number of nitro groups is 1. The Bertz CT molecular complexity index is 515. The second-order valence-corrected chi connectivity index (χ2v) is 4.97. The molecule has 1 aliphatic carbocycles. The van der Waals surface area contributed by atoms with Crippen LogP contribution in [0.5, 0.6) is 0 Å². The third kappa shape index (κ3) is 3.01. The number of benzene rings is 1. The van der Waals surface area contributed by atoms with Crippen LogP contribution in [0.3, 0.4) is 0 Å². The molecule has 102 valence electrons. The molecule has 0 bridgehead atoms. The lowest BCUT2D eigenvalue weighted by Crippen LogP contribution is -2.18. The van der Waals surface area contributed by atoms with E-state index < -0.39 is 10.9 Å². The van der Waals surface area contributed by atoms with Crippen LogP contribution in [0.1, 0.15) is 24.8 Å². The lowest BCUT2D eigenvalue weighted by atomic mass is 10.1. The molecular weight excluding hydrogens is 248 g/mol. The van der Waals surface area contributed by atoms with Crippen LogP contribution in [0.15, 0.2) is 18.2 Å². The second kappa shape index (κ2) is 5.26. The Balaban J connectivity index is 2.12. The first-order chi connectivity index (χ1) is 8.97. The summed E-state index contributed by atoms with van der Waals surface area (Å²) in [6.45, 7) is 1.80. The van der Waals surface area contributed by atoms with Gasteiger partial charge < -0.3 is 10.4 Å². The molecule has 2 N–H and O–H groups in total. The highest BCUT2D eigenvalue weighted by molar-refractivity contribution is 5.71. The van der Waals surface area contributed by atoms with E-state index in [1.807, 2.05) is 0 Å². The molecule has 19 heavy (non-hydrogen) atoms. The van der Waals surface area contributed by atoms with E-state index in [1.54, 1.807) is 19.1 Å². The van der Waals surface area contributed by atoms with Gasteiger partial charge in [-0.1, -0.05) is 6.07 Å². The van der Waals surface area contributed by atoms with Crippen molar-refractivity contribution in [3.8, 4) is 0 Å². The molecule has 0 aliphatic heterocycles. The number of rotatable bonds is 4. The average molecular weight is 264 g/mol. The zero-order valence-electron chi connectivity index (χ0n) is 10.6. The summed E-state index contributed by atoms with van der Waals surface area (Å²) in [4.78, 5) is 21.5. The fourth-order valence-electron chi connectivity index (χ4n) is 2.47. The van der Waals surface area contributed by atoms with E-state index >= 15 is 0 Å². The molecule has 0 spiro atoms. The van der Waals surface area contributed by atoms with Gasteiger partial charge in [0.1, 0.15) is 5.69 Å². The predicted octanol–water partition coefficient (Wildman–Crippen LogP) is 2.57. The molecule has 0 saturated heterocycles. The monoisotopic (exact) mass is 264 g/mol. The number of hydrogen-bond acceptors (Lipinski definition) is 4. The molecule has 1 aromatic carbocycles. The van der Waals surface area contributed by atoms with Crippen LogP contribution in [-0.2, 0) is 4.79 Å². The molecule has 1 saturated carbocycles. The highest BCUT2D eigenvalue weighted by Gasteiger charge is 2.30. The number of anilines is 1. The first-order valence-corrected chi connectivity index (χ1v) is 6.21. The molecule has 1 aromatic rings. The van der Waals surface area contributed by atoms with Crippen LogP contribution in [0, 0.1) is 23.0 Å². The quantitative estimate of drug-likeness (QED) is 0.644. The molecular formula is C13H16N2O4. The van der Waals surface area contributed by atoms with Gasteiger partial charge >= 0.3 is 5.97 Å². The summed E-state index contributed by atoms with van der Waals surface area (Å²) in [5, 5.41) is 23.0. The Hall–Kier alpha value is -2.11. The van der Waals surface area contributed by atoms with Crippen LogP contribution >= 0.6 is 0 Å². The van der Waals surface area contributed by atoms with E-state index in [4.69, 9.17) is 5.11 Å². The predicted molar refractivity (Wildman–Crippen MR) is 70.2 cm³/mol. The van der Waals surface area contributed by atoms with Crippen molar-refractivity contribution in [3.63, 3.8) is 0 Å². The van der Waals surface area contributed by atoms with Crippen molar-refractivity contribution in [3.05, 3.63) is 33.9 Å². The van der Waals surface area contributed by atoms with Crippen molar-refractivity contribution in [1.82, 2.24) is 0 Å². The molecule has 2 atom stereocenters. The number of carboxylic acid groups (broad SMARTS) is 1. The first kappa shape index (κ1) is 13.3. The lowest BCUT2D eigenvalue weighted by Gasteiger charge is -2.14. The minimum absolute atomic E-state index is 0.0116. The molecule has 2 rings (SSSR count). The summed E-state index contributed by atoms with van der Waals surface area (Å²) in [6.07, 6.45) is 1.86. The Morgan fingerprint density at radius 3 is 2.79 bits per heavy atom. The Morgan fingerprint density at radius 2 is 2.21 bits per heavy atom. The van der Waals surface area contributed by atoms with Crippen molar-refractivity contribution in [1.29, 1.82) is 0 Å². The normalized spacial score (nSPS) is 22.2. The molecule has 6 nitrogen and oxygen atoms in total. The molecule has 1 aliphatic rings. The standard InChI is InChI=1S/C13H16N2O4/c1-8-2-5-11(12(6-8)15(18)19)14-10-4-3-9(7-10)13(16)17/h2,5-6,9-10,14H,3-4,7H2,1H3,(H,16,17)/t9-,10+/m1/s1. The summed E-state index contributed by atoms with van der Waals surface area (Å²) in [5.74, 6) is -1.13. The van der Waals surface area contributed by atoms with E-state index in [0.29, 0.717) is 18.5 Å². The average Bonchev–Trinajstić information content (AvgIpc) is 2.80. The minimum atomic E-state index is -0.789. The van der Waals surface area contributed by atoms with E-state index in [1.165, 1.54) is 6.07 Å². The zero-order chi connectivity index (χ0) is 14.0. The van der Waals surface area contributed by atoms with Gasteiger partial charge in [0.15, 0.2) is 0 Å². The number of nitrogens with one attached hydrogen (secondary N) is 1. The van der Waals surface area contributed by atoms with Crippen molar-refractivity contribution < 1.29 is 14.8 Å². The van der Waals surface area contributed by atoms with Gasteiger partial charge in [-0.2, -0.15) is 0 Å². The lowest BCUT2D eigenvalue weighted by molar-refractivity contribution is -0.384. The topological polar surface area (TPSA) is 92.5 Å². The molecule has 6 heteroatoms. The largest absolute Gasteiger partial charge is 0.481 e. The van der Waals surface area contributed by atoms with Gasteiger partial charge in [-0.25, -0.2) is 0 Å². The fourth-order valence-corrected chi connectivity index (χ4v) is 2.47. The maximum absolute atomic E-state index is 11.0. The van der Waals surface area contributed by atoms with E-state index in [-0.39, 0.29) is 17.6 Å². The van der Waals surface area contributed by atoms with Crippen molar-refractivity contribution in [2.75, 3.05) is 5.32 Å². The summed E-state index contributed by atoms with van der Waals surface area (Å²) in [6, 6.07) is 4.99. The number of carboxylic acids is 1. The number of nitrogens with zero attached hydrogens (tertiary/aromatic N) is 1. The Morgan fingerprint density at radius 1 is 1.47 bits per heavy atom. The van der Waals surface area contributed by atoms with Gasteiger partial charge in [-0.05, 0) is 37.8 Å². The molecule has 0 amide bonds. The molecule has 0 unspecified atom stereocenters. The molecule has 0 heterocycles. The van der Waals surface area contributed by atoms with Gasteiger partial charge in [-0.3, -0.25) is 14.9 Å². The maximum atomic E-state index is 11.0. The first-order valence-electron chi connectivity index (χ1n) is 6.21. The SMILES string of the molecule is Cc1ccc(N[C@H]2CC[C@@H](C(=O)O)C2)c([N+](=O)[O-])c1. The highest BCUT2D eigenvalue weighted by Crippen LogP contribution is 2.32. The number of carbonyl (C=O) groups is 1. The van der Waals surface area contributed by atoms with Crippen LogP contribution in [0.2, 0.25) is 0 Å². The smallest absolute Gasteiger partial charge is 0.306 e. The summed E-state index contributed by atoms with van der Waals surface area (Å²) in [5.41, 5.74) is 1.33. The number of aryl methyl sites for hydroxylation is 1. The Kier molecular flexibility index (Phi) is 3.69. The molecule has 0 radical (unpaired) electrons. The van der Waals surface area contributed by atoms with Gasteiger partial charge in [-0.15, -0.1) is 0 Å². The number of aliphatic carboxylic acids is 1. The maximum Gasteiger partial charge on any atom is 0.306 e. The van der Waals surface area contributed by atoms with Crippen molar-refractivity contribution >= 4 is 17.3 Å². The summed E-state index contributed by atoms with van der Waals surface area (Å²) < 4.78 is 0. The third-order valence-electron chi connectivity index (χ3n) is 3.49. The summed E-state index contributed by atoms with van der Waals surface area (Å²) >= 11 is 0. The van der Waals surface area contributed by atoms with Gasteiger partial charge in [0.25, 0.3) is 5.69 Å². The van der Waals surface area contributed by atoms with E-state index in [9.17, 15) is 14.9 Å². The minimum Gasteiger partial charge on any atom is -0.481 e. The number of nitro benzene ring substituents is 1. The molecule has 1 fully saturated rings. The van der Waals surface area contributed by atoms with Crippen LogP contribution < -0.4 is 5.32 Å². The van der Waals surface area contributed by atoms with E-state index in [0.717, 1.165) is 12.0 Å². The van der Waals surface area contributed by atoms with Crippen LogP contribution in [0.4, 0.5) is 11.4 Å². The van der Waals surface area contributed by atoms with Gasteiger partial charge in [0.05, 0.1) is 10.8 Å².